The molecule has 0 N–H and O–H groups in total. The molecule has 0 spiro atoms. The van der Waals surface area contributed by atoms with E-state index in [0.29, 0.717) is 18.1 Å². The first-order valence-electron chi connectivity index (χ1n) is 8.86. The van der Waals surface area contributed by atoms with Crippen molar-refractivity contribution in [3.63, 3.8) is 0 Å². The van der Waals surface area contributed by atoms with Gasteiger partial charge in [-0.05, 0) is 37.6 Å². The summed E-state index contributed by atoms with van der Waals surface area (Å²) in [5.74, 6) is 1.40. The van der Waals surface area contributed by atoms with Crippen LogP contribution in [0, 0.1) is 0 Å². The van der Waals surface area contributed by atoms with Gasteiger partial charge in [-0.25, -0.2) is 0 Å². The van der Waals surface area contributed by atoms with E-state index in [1.807, 2.05) is 48.5 Å². The van der Waals surface area contributed by atoms with Gasteiger partial charge in [-0.1, -0.05) is 42.5 Å². The largest absolute Gasteiger partial charge is 0.493 e. The molecule has 3 rings (SSSR count). The van der Waals surface area contributed by atoms with E-state index in [0.717, 1.165) is 29.2 Å². The number of nitrogens with zero attached hydrogens (tertiary/aromatic N) is 1. The molecule has 26 heavy (non-hydrogen) atoms. The van der Waals surface area contributed by atoms with E-state index in [4.69, 9.17) is 26.4 Å². The molecular weight excluding hydrogens is 346 g/mol. The molecule has 4 nitrogen and oxygen atoms in total. The van der Waals surface area contributed by atoms with Crippen LogP contribution in [0.5, 0.6) is 11.5 Å². The van der Waals surface area contributed by atoms with E-state index in [1.54, 1.807) is 7.11 Å². The zero-order chi connectivity index (χ0) is 18.5. The molecule has 0 amide bonds. The molecule has 1 heterocycles. The lowest BCUT2D eigenvalue weighted by molar-refractivity contribution is -0.0472. The Kier molecular flexibility index (Phi) is 6.12. The number of methoxy groups -OCH3 is 1. The van der Waals surface area contributed by atoms with Gasteiger partial charge >= 0.3 is 0 Å². The van der Waals surface area contributed by atoms with Gasteiger partial charge in [0.25, 0.3) is 0 Å². The summed E-state index contributed by atoms with van der Waals surface area (Å²) < 4.78 is 17.2. The van der Waals surface area contributed by atoms with Crippen molar-refractivity contribution in [1.29, 1.82) is 0 Å². The first-order valence-corrected chi connectivity index (χ1v) is 9.27. The fourth-order valence-electron chi connectivity index (χ4n) is 3.18. The second-order valence-electron chi connectivity index (χ2n) is 6.61. The monoisotopic (exact) mass is 371 g/mol. The number of hydrogen-bond donors (Lipinski definition) is 0. The van der Waals surface area contributed by atoms with Crippen molar-refractivity contribution in [1.82, 2.24) is 4.90 Å². The molecule has 1 aliphatic heterocycles. The summed E-state index contributed by atoms with van der Waals surface area (Å²) in [6.45, 7) is 6.26. The molecule has 0 radical (unpaired) electrons. The number of morpholine rings is 1. The SMILES string of the molecule is COc1cc(C(=S)N2C[C@@H](C)O[C@@H](C)C2)ccc1OCc1ccccc1. The number of benzene rings is 2. The zero-order valence-electron chi connectivity index (χ0n) is 15.5. The highest BCUT2D eigenvalue weighted by atomic mass is 32.1. The van der Waals surface area contributed by atoms with E-state index in [2.05, 4.69) is 18.7 Å². The highest BCUT2D eigenvalue weighted by molar-refractivity contribution is 7.80. The predicted octanol–water partition coefficient (Wildman–Crippen LogP) is 4.06. The summed E-state index contributed by atoms with van der Waals surface area (Å²) in [4.78, 5) is 3.02. The third-order valence-corrected chi connectivity index (χ3v) is 4.85. The zero-order valence-corrected chi connectivity index (χ0v) is 16.3. The average molecular weight is 372 g/mol. The van der Waals surface area contributed by atoms with Crippen LogP contribution in [0.1, 0.15) is 25.0 Å². The maximum atomic E-state index is 5.93. The molecule has 2 aromatic carbocycles. The number of thiocarbonyl (C=S) groups is 1. The minimum Gasteiger partial charge on any atom is -0.493 e. The highest BCUT2D eigenvalue weighted by Gasteiger charge is 2.25. The number of rotatable bonds is 5. The predicted molar refractivity (Wildman–Crippen MR) is 107 cm³/mol. The molecule has 0 saturated carbocycles. The van der Waals surface area contributed by atoms with Crippen LogP contribution in [0.4, 0.5) is 0 Å². The highest BCUT2D eigenvalue weighted by Crippen LogP contribution is 2.30. The van der Waals surface area contributed by atoms with Gasteiger partial charge in [-0.3, -0.25) is 0 Å². The second kappa shape index (κ2) is 8.52. The van der Waals surface area contributed by atoms with E-state index in [-0.39, 0.29) is 12.2 Å². The van der Waals surface area contributed by atoms with Crippen LogP contribution < -0.4 is 9.47 Å². The van der Waals surface area contributed by atoms with E-state index >= 15 is 0 Å². The Morgan fingerprint density at radius 1 is 1.08 bits per heavy atom. The topological polar surface area (TPSA) is 30.9 Å². The smallest absolute Gasteiger partial charge is 0.161 e. The van der Waals surface area contributed by atoms with Crippen LogP contribution in [0.15, 0.2) is 48.5 Å². The van der Waals surface area contributed by atoms with Gasteiger partial charge in [0.1, 0.15) is 11.6 Å². The normalized spacial score (nSPS) is 19.9. The van der Waals surface area contributed by atoms with Crippen LogP contribution in [0.3, 0.4) is 0 Å². The van der Waals surface area contributed by atoms with Crippen LogP contribution in [0.2, 0.25) is 0 Å². The molecule has 5 heteroatoms. The summed E-state index contributed by atoms with van der Waals surface area (Å²) in [5.41, 5.74) is 2.08. The molecule has 1 aliphatic rings. The van der Waals surface area contributed by atoms with Crippen LogP contribution in [-0.2, 0) is 11.3 Å². The quantitative estimate of drug-likeness (QED) is 0.740. The Morgan fingerprint density at radius 3 is 2.42 bits per heavy atom. The van der Waals surface area contributed by atoms with Gasteiger partial charge < -0.3 is 19.1 Å². The molecular formula is C21H25NO3S. The molecule has 0 bridgehead atoms. The number of ether oxygens (including phenoxy) is 3. The summed E-state index contributed by atoms with van der Waals surface area (Å²) in [5, 5.41) is 0. The molecule has 1 fully saturated rings. The molecule has 1 saturated heterocycles. The van der Waals surface area contributed by atoms with Crippen molar-refractivity contribution in [3.8, 4) is 11.5 Å². The molecule has 2 atom stereocenters. The van der Waals surface area contributed by atoms with Crippen molar-refractivity contribution >= 4 is 17.2 Å². The second-order valence-corrected chi connectivity index (χ2v) is 6.99. The van der Waals surface area contributed by atoms with Gasteiger partial charge in [-0.2, -0.15) is 0 Å². The number of hydrogen-bond acceptors (Lipinski definition) is 4. The minimum atomic E-state index is 0.173. The Bertz CT molecular complexity index is 740. The molecule has 0 unspecified atom stereocenters. The van der Waals surface area contributed by atoms with Crippen LogP contribution >= 0.6 is 12.2 Å². The summed E-state index contributed by atoms with van der Waals surface area (Å²) in [6.07, 6.45) is 0.346. The van der Waals surface area contributed by atoms with Crippen molar-refractivity contribution in [3.05, 3.63) is 59.7 Å². The van der Waals surface area contributed by atoms with Gasteiger partial charge in [-0.15, -0.1) is 0 Å². The first kappa shape index (κ1) is 18.7. The molecule has 2 aromatic rings. The molecule has 0 aliphatic carbocycles. The first-order chi connectivity index (χ1) is 12.6. The van der Waals surface area contributed by atoms with Crippen LogP contribution in [0.25, 0.3) is 0 Å². The molecule has 0 aromatic heterocycles. The van der Waals surface area contributed by atoms with E-state index < -0.39 is 0 Å². The van der Waals surface area contributed by atoms with E-state index in [1.165, 1.54) is 0 Å². The van der Waals surface area contributed by atoms with Crippen molar-refractivity contribution in [2.24, 2.45) is 0 Å². The lowest BCUT2D eigenvalue weighted by Gasteiger charge is -2.37. The Morgan fingerprint density at radius 2 is 1.77 bits per heavy atom. The average Bonchev–Trinajstić information content (AvgIpc) is 2.65. The van der Waals surface area contributed by atoms with Crippen molar-refractivity contribution in [2.75, 3.05) is 20.2 Å². The standard InChI is InChI=1S/C21H25NO3S/c1-15-12-22(13-16(2)25-15)21(26)18-9-10-19(20(11-18)23-3)24-14-17-7-5-4-6-8-17/h4-11,15-16H,12-14H2,1-3H3/t15-,16+. The Balaban J connectivity index is 1.72. The van der Waals surface area contributed by atoms with Gasteiger partial charge in [0.15, 0.2) is 11.5 Å². The lowest BCUT2D eigenvalue weighted by Crippen LogP contribution is -2.47. The summed E-state index contributed by atoms with van der Waals surface area (Å²) >= 11 is 5.71. The summed E-state index contributed by atoms with van der Waals surface area (Å²) in [7, 11) is 1.65. The molecule has 138 valence electrons. The Labute approximate surface area is 160 Å². The Hall–Kier alpha value is -2.11. The minimum absolute atomic E-state index is 0.173. The fraction of sp³-hybridized carbons (Fsp3) is 0.381. The third-order valence-electron chi connectivity index (χ3n) is 4.35. The maximum absolute atomic E-state index is 5.93. The van der Waals surface area contributed by atoms with E-state index in [9.17, 15) is 0 Å². The van der Waals surface area contributed by atoms with Gasteiger partial charge in [0.2, 0.25) is 0 Å². The van der Waals surface area contributed by atoms with Crippen molar-refractivity contribution in [2.45, 2.75) is 32.7 Å². The third kappa shape index (κ3) is 4.54. The van der Waals surface area contributed by atoms with Gasteiger partial charge in [0, 0.05) is 18.7 Å². The maximum Gasteiger partial charge on any atom is 0.161 e. The van der Waals surface area contributed by atoms with Gasteiger partial charge in [0.05, 0.1) is 19.3 Å². The van der Waals surface area contributed by atoms with Crippen LogP contribution in [-0.4, -0.2) is 42.3 Å². The lowest BCUT2D eigenvalue weighted by atomic mass is 10.1. The fourth-order valence-corrected chi connectivity index (χ4v) is 3.46. The summed E-state index contributed by atoms with van der Waals surface area (Å²) in [6, 6.07) is 15.9. The van der Waals surface area contributed by atoms with Crippen molar-refractivity contribution < 1.29 is 14.2 Å².